The molecule has 3 aliphatic rings. The van der Waals surface area contributed by atoms with Crippen molar-refractivity contribution in [2.45, 2.75) is 76.7 Å². The molecular weight excluding hydrogens is 550 g/mol. The zero-order chi connectivity index (χ0) is 30.9. The molecule has 2 bridgehead atoms. The van der Waals surface area contributed by atoms with Gasteiger partial charge in [0.05, 0.1) is 43.8 Å². The molecule has 7 atom stereocenters. The van der Waals surface area contributed by atoms with E-state index < -0.39 is 41.0 Å². The first-order valence-electron chi connectivity index (χ1n) is 15.3. The van der Waals surface area contributed by atoms with Crippen molar-refractivity contribution in [3.63, 3.8) is 0 Å². The van der Waals surface area contributed by atoms with Gasteiger partial charge in [0.25, 0.3) is 0 Å². The van der Waals surface area contributed by atoms with Gasteiger partial charge in [0, 0.05) is 11.4 Å². The molecule has 0 aromatic heterocycles. The SMILES string of the molecule is CCOc1ccc(NC(=O)[C@@H]2[C@H]3C(=O)N([C@@H](CO)[C@@H](C)CC)C(C(=O)Nc4ccc(OC)cc4)C34CC[C@@]2(CC)O4)cc1. The summed E-state index contributed by atoms with van der Waals surface area (Å²) in [5.41, 5.74) is -0.957. The predicted molar refractivity (Wildman–Crippen MR) is 162 cm³/mol. The van der Waals surface area contributed by atoms with Gasteiger partial charge in [-0.3, -0.25) is 14.4 Å². The lowest BCUT2D eigenvalue weighted by Crippen LogP contribution is -2.57. The maximum absolute atomic E-state index is 14.5. The second-order valence-electron chi connectivity index (χ2n) is 11.9. The molecule has 43 heavy (non-hydrogen) atoms. The number of ether oxygens (including phenoxy) is 3. The number of aliphatic hydroxyl groups excluding tert-OH is 1. The van der Waals surface area contributed by atoms with E-state index in [1.165, 1.54) is 4.90 Å². The summed E-state index contributed by atoms with van der Waals surface area (Å²) in [5, 5.41) is 16.5. The number of methoxy groups -OCH3 is 1. The number of anilines is 2. The quantitative estimate of drug-likeness (QED) is 0.336. The van der Waals surface area contributed by atoms with Crippen LogP contribution in [-0.2, 0) is 19.1 Å². The summed E-state index contributed by atoms with van der Waals surface area (Å²) in [6, 6.07) is 12.4. The molecule has 1 spiro atoms. The van der Waals surface area contributed by atoms with Crippen LogP contribution in [0.5, 0.6) is 11.5 Å². The van der Waals surface area contributed by atoms with Crippen molar-refractivity contribution in [2.75, 3.05) is 31.0 Å². The van der Waals surface area contributed by atoms with Gasteiger partial charge in [0.15, 0.2) is 0 Å². The first kappa shape index (κ1) is 30.8. The summed E-state index contributed by atoms with van der Waals surface area (Å²) in [7, 11) is 1.57. The van der Waals surface area contributed by atoms with Crippen molar-refractivity contribution in [3.05, 3.63) is 48.5 Å². The van der Waals surface area contributed by atoms with Gasteiger partial charge in [-0.1, -0.05) is 27.2 Å². The van der Waals surface area contributed by atoms with Gasteiger partial charge in [-0.05, 0) is 80.6 Å². The fourth-order valence-corrected chi connectivity index (χ4v) is 7.43. The number of nitrogens with zero attached hydrogens (tertiary/aromatic N) is 1. The monoisotopic (exact) mass is 593 g/mol. The molecule has 3 amide bonds. The Bertz CT molecular complexity index is 1330. The highest BCUT2D eigenvalue weighted by atomic mass is 16.5. The van der Waals surface area contributed by atoms with E-state index in [9.17, 15) is 19.5 Å². The predicted octanol–water partition coefficient (Wildman–Crippen LogP) is 4.23. The summed E-state index contributed by atoms with van der Waals surface area (Å²) >= 11 is 0. The molecule has 10 heteroatoms. The second-order valence-corrected chi connectivity index (χ2v) is 11.9. The molecule has 0 aliphatic carbocycles. The topological polar surface area (TPSA) is 126 Å². The number of aliphatic hydroxyl groups is 1. The lowest BCUT2D eigenvalue weighted by atomic mass is 9.65. The van der Waals surface area contributed by atoms with Gasteiger partial charge in [0.2, 0.25) is 17.7 Å². The van der Waals surface area contributed by atoms with Crippen molar-refractivity contribution in [2.24, 2.45) is 17.8 Å². The van der Waals surface area contributed by atoms with Crippen LogP contribution in [0.4, 0.5) is 11.4 Å². The number of fused-ring (bicyclic) bond motifs is 1. The minimum atomic E-state index is -1.20. The van der Waals surface area contributed by atoms with Crippen LogP contribution in [0.2, 0.25) is 0 Å². The average molecular weight is 594 g/mol. The molecule has 3 heterocycles. The van der Waals surface area contributed by atoms with Gasteiger partial charge in [-0.15, -0.1) is 0 Å². The maximum atomic E-state index is 14.5. The second kappa shape index (κ2) is 12.2. The van der Waals surface area contributed by atoms with Gasteiger partial charge in [-0.2, -0.15) is 0 Å². The van der Waals surface area contributed by atoms with Crippen LogP contribution in [0.1, 0.15) is 53.4 Å². The molecule has 232 valence electrons. The van der Waals surface area contributed by atoms with Crippen LogP contribution in [-0.4, -0.2) is 71.3 Å². The van der Waals surface area contributed by atoms with Gasteiger partial charge >= 0.3 is 0 Å². The lowest BCUT2D eigenvalue weighted by molar-refractivity contribution is -0.149. The first-order valence-corrected chi connectivity index (χ1v) is 15.3. The van der Waals surface area contributed by atoms with Gasteiger partial charge in [0.1, 0.15) is 23.1 Å². The number of rotatable bonds is 12. The molecule has 2 unspecified atom stereocenters. The van der Waals surface area contributed by atoms with E-state index in [0.717, 1.165) is 0 Å². The van der Waals surface area contributed by atoms with Crippen LogP contribution in [0.15, 0.2) is 48.5 Å². The van der Waals surface area contributed by atoms with E-state index in [1.807, 2.05) is 27.7 Å². The summed E-state index contributed by atoms with van der Waals surface area (Å²) in [4.78, 5) is 44.3. The zero-order valence-corrected chi connectivity index (χ0v) is 25.6. The fourth-order valence-electron chi connectivity index (χ4n) is 7.43. The highest BCUT2D eigenvalue weighted by Crippen LogP contribution is 2.64. The van der Waals surface area contributed by atoms with E-state index in [4.69, 9.17) is 14.2 Å². The summed E-state index contributed by atoms with van der Waals surface area (Å²) in [6.07, 6.45) is 2.21. The average Bonchev–Trinajstić information content (AvgIpc) is 3.62. The van der Waals surface area contributed by atoms with Gasteiger partial charge < -0.3 is 34.9 Å². The highest BCUT2D eigenvalue weighted by Gasteiger charge is 2.79. The Hall–Kier alpha value is -3.63. The van der Waals surface area contributed by atoms with Crippen LogP contribution in [0.3, 0.4) is 0 Å². The summed E-state index contributed by atoms with van der Waals surface area (Å²) in [5.74, 6) is -1.45. The van der Waals surface area contributed by atoms with Crippen molar-refractivity contribution in [1.82, 2.24) is 4.90 Å². The number of hydrogen-bond donors (Lipinski definition) is 3. The number of hydrogen-bond acceptors (Lipinski definition) is 7. The third kappa shape index (κ3) is 5.14. The third-order valence-electron chi connectivity index (χ3n) is 9.79. The van der Waals surface area contributed by atoms with Crippen molar-refractivity contribution in [3.8, 4) is 11.5 Å². The highest BCUT2D eigenvalue weighted by molar-refractivity contribution is 6.05. The Balaban J connectivity index is 1.52. The van der Waals surface area contributed by atoms with Crippen molar-refractivity contribution in [1.29, 1.82) is 0 Å². The molecule has 0 saturated carbocycles. The molecule has 0 radical (unpaired) electrons. The first-order chi connectivity index (χ1) is 20.7. The van der Waals surface area contributed by atoms with E-state index in [-0.39, 0.29) is 24.3 Å². The summed E-state index contributed by atoms with van der Waals surface area (Å²) < 4.78 is 17.6. The van der Waals surface area contributed by atoms with Crippen LogP contribution in [0.25, 0.3) is 0 Å². The molecule has 5 rings (SSSR count). The molecule has 10 nitrogen and oxygen atoms in total. The van der Waals surface area contributed by atoms with Crippen LogP contribution < -0.4 is 20.1 Å². The Morgan fingerprint density at radius 2 is 1.60 bits per heavy atom. The molecule has 3 saturated heterocycles. The number of carbonyl (C=O) groups is 3. The van der Waals surface area contributed by atoms with E-state index in [2.05, 4.69) is 10.6 Å². The van der Waals surface area contributed by atoms with E-state index >= 15 is 0 Å². The minimum absolute atomic E-state index is 0.0890. The largest absolute Gasteiger partial charge is 0.497 e. The molecular formula is C33H43N3O7. The number of benzene rings is 2. The van der Waals surface area contributed by atoms with Crippen LogP contribution >= 0.6 is 0 Å². The standard InChI is InChI=1S/C33H43N3O7/c1-6-20(4)25(19-37)36-28(30(39)35-22-9-13-23(41-5)14-10-22)33-18-17-32(7-2,43-33)26(27(33)31(36)40)29(38)34-21-11-15-24(16-12-21)42-8-3/h9-16,20,25-28,37H,6-8,17-19H2,1-5H3,(H,34,38)(H,35,39)/t20-,25-,26-,27-,28?,32+,33?/m0/s1. The van der Waals surface area contributed by atoms with Crippen molar-refractivity contribution < 1.29 is 33.7 Å². The Kier molecular flexibility index (Phi) is 8.72. The van der Waals surface area contributed by atoms with E-state index in [1.54, 1.807) is 55.6 Å². The number of nitrogens with one attached hydrogen (secondary N) is 2. The molecule has 3 fully saturated rings. The summed E-state index contributed by atoms with van der Waals surface area (Å²) in [6.45, 7) is 8.03. The zero-order valence-electron chi connectivity index (χ0n) is 25.6. The van der Waals surface area contributed by atoms with Crippen molar-refractivity contribution >= 4 is 29.1 Å². The lowest BCUT2D eigenvalue weighted by Gasteiger charge is -2.39. The Morgan fingerprint density at radius 1 is 1.00 bits per heavy atom. The smallest absolute Gasteiger partial charge is 0.250 e. The fraction of sp³-hybridized carbons (Fsp3) is 0.545. The normalized spacial score (nSPS) is 28.7. The number of carbonyl (C=O) groups excluding carboxylic acids is 3. The maximum Gasteiger partial charge on any atom is 0.250 e. The molecule has 2 aromatic rings. The van der Waals surface area contributed by atoms with E-state index in [0.29, 0.717) is 55.2 Å². The molecule has 3 aliphatic heterocycles. The Morgan fingerprint density at radius 3 is 2.14 bits per heavy atom. The minimum Gasteiger partial charge on any atom is -0.497 e. The third-order valence-corrected chi connectivity index (χ3v) is 9.79. The van der Waals surface area contributed by atoms with Crippen LogP contribution in [0, 0.1) is 17.8 Å². The van der Waals surface area contributed by atoms with Gasteiger partial charge in [-0.25, -0.2) is 0 Å². The molecule has 2 aromatic carbocycles. The Labute approximate surface area is 253 Å². The molecule has 3 N–H and O–H groups in total. The number of likely N-dealkylation sites (tertiary alicyclic amines) is 1. The number of amides is 3.